The Balaban J connectivity index is 0.00000841. The molecule has 176 valence electrons. The van der Waals surface area contributed by atoms with Crippen LogP contribution in [0.25, 0.3) is 0 Å². The van der Waals surface area contributed by atoms with E-state index in [9.17, 15) is 0 Å². The standard InChI is InChI=1S/C28H51N.H2O/c1-4-7-8-9-10-11-12-13-14-15-16-17-18-22-25-27(28(29,5-2)6-3)26-23-20-19-21-24-26;/h19-21,23-24,27H,4-18,22,25,29H2,1-3H3;1H2. The van der Waals surface area contributed by atoms with Gasteiger partial charge in [0.05, 0.1) is 0 Å². The second-order valence-corrected chi connectivity index (χ2v) is 9.29. The van der Waals surface area contributed by atoms with Crippen molar-refractivity contribution < 1.29 is 5.48 Å². The Morgan fingerprint density at radius 2 is 1.03 bits per heavy atom. The third-order valence-corrected chi connectivity index (χ3v) is 7.06. The minimum Gasteiger partial charge on any atom is -0.412 e. The molecule has 0 aliphatic carbocycles. The Hall–Kier alpha value is -0.860. The molecule has 0 amide bonds. The predicted molar refractivity (Wildman–Crippen MR) is 135 cm³/mol. The number of hydrogen-bond acceptors (Lipinski definition) is 1. The largest absolute Gasteiger partial charge is 0.412 e. The van der Waals surface area contributed by atoms with E-state index in [-0.39, 0.29) is 11.0 Å². The van der Waals surface area contributed by atoms with Gasteiger partial charge in [0.1, 0.15) is 0 Å². The van der Waals surface area contributed by atoms with Crippen LogP contribution >= 0.6 is 0 Å². The Kier molecular flexibility index (Phi) is 18.3. The van der Waals surface area contributed by atoms with Crippen molar-refractivity contribution in [3.63, 3.8) is 0 Å². The van der Waals surface area contributed by atoms with E-state index >= 15 is 0 Å². The van der Waals surface area contributed by atoms with Gasteiger partial charge in [0.2, 0.25) is 0 Å². The average molecular weight is 420 g/mol. The van der Waals surface area contributed by atoms with Gasteiger partial charge in [0.25, 0.3) is 0 Å². The van der Waals surface area contributed by atoms with Crippen LogP contribution in [0.15, 0.2) is 30.3 Å². The van der Waals surface area contributed by atoms with Crippen LogP contribution in [0.5, 0.6) is 0 Å². The van der Waals surface area contributed by atoms with E-state index in [0.717, 1.165) is 12.8 Å². The summed E-state index contributed by atoms with van der Waals surface area (Å²) in [7, 11) is 0. The molecule has 0 aromatic heterocycles. The molecule has 1 rings (SSSR count). The average Bonchev–Trinajstić information content (AvgIpc) is 2.76. The normalized spacial score (nSPS) is 12.5. The predicted octanol–water partition coefficient (Wildman–Crippen LogP) is 8.33. The lowest BCUT2D eigenvalue weighted by atomic mass is 9.73. The molecule has 0 bridgehead atoms. The topological polar surface area (TPSA) is 57.5 Å². The van der Waals surface area contributed by atoms with Crippen LogP contribution in [0.2, 0.25) is 0 Å². The Morgan fingerprint density at radius 1 is 0.633 bits per heavy atom. The Bertz CT molecular complexity index is 469. The van der Waals surface area contributed by atoms with E-state index in [2.05, 4.69) is 51.1 Å². The highest BCUT2D eigenvalue weighted by molar-refractivity contribution is 5.23. The smallest absolute Gasteiger partial charge is 0.0218 e. The number of benzene rings is 1. The fourth-order valence-corrected chi connectivity index (χ4v) is 4.76. The van der Waals surface area contributed by atoms with Crippen LogP contribution in [-0.2, 0) is 0 Å². The lowest BCUT2D eigenvalue weighted by Crippen LogP contribution is -2.44. The summed E-state index contributed by atoms with van der Waals surface area (Å²) in [5.41, 5.74) is 8.21. The van der Waals surface area contributed by atoms with E-state index in [1.54, 1.807) is 0 Å². The van der Waals surface area contributed by atoms with Crippen molar-refractivity contribution in [2.24, 2.45) is 5.73 Å². The number of rotatable bonds is 19. The maximum atomic E-state index is 6.83. The first kappa shape index (κ1) is 29.1. The van der Waals surface area contributed by atoms with Gasteiger partial charge in [-0.15, -0.1) is 0 Å². The first-order valence-corrected chi connectivity index (χ1v) is 13.0. The van der Waals surface area contributed by atoms with Gasteiger partial charge in [-0.1, -0.05) is 141 Å². The molecule has 30 heavy (non-hydrogen) atoms. The van der Waals surface area contributed by atoms with Crippen LogP contribution in [0.4, 0.5) is 0 Å². The van der Waals surface area contributed by atoms with Gasteiger partial charge in [-0.2, -0.15) is 0 Å². The lowest BCUT2D eigenvalue weighted by molar-refractivity contribution is 0.300. The van der Waals surface area contributed by atoms with Crippen LogP contribution in [0, 0.1) is 0 Å². The van der Waals surface area contributed by atoms with Crippen LogP contribution in [0.3, 0.4) is 0 Å². The number of hydrogen-bond donors (Lipinski definition) is 1. The van der Waals surface area contributed by atoms with Crippen molar-refractivity contribution >= 4 is 0 Å². The van der Waals surface area contributed by atoms with E-state index < -0.39 is 0 Å². The van der Waals surface area contributed by atoms with Gasteiger partial charge < -0.3 is 11.2 Å². The molecule has 0 aliphatic heterocycles. The summed E-state index contributed by atoms with van der Waals surface area (Å²) in [6, 6.07) is 11.0. The molecule has 1 aromatic rings. The van der Waals surface area contributed by atoms with E-state index in [1.165, 1.54) is 102 Å². The van der Waals surface area contributed by atoms with Crippen molar-refractivity contribution in [3.8, 4) is 0 Å². The molecule has 0 radical (unpaired) electrons. The maximum absolute atomic E-state index is 6.83. The van der Waals surface area contributed by atoms with Crippen LogP contribution in [-0.4, -0.2) is 11.0 Å². The second-order valence-electron chi connectivity index (χ2n) is 9.29. The van der Waals surface area contributed by atoms with Crippen LogP contribution < -0.4 is 5.73 Å². The molecule has 0 spiro atoms. The summed E-state index contributed by atoms with van der Waals surface area (Å²) in [6.45, 7) is 6.80. The van der Waals surface area contributed by atoms with Crippen molar-refractivity contribution in [3.05, 3.63) is 35.9 Å². The fourth-order valence-electron chi connectivity index (χ4n) is 4.76. The zero-order valence-corrected chi connectivity index (χ0v) is 20.6. The Labute approximate surface area is 188 Å². The second kappa shape index (κ2) is 18.9. The van der Waals surface area contributed by atoms with Gasteiger partial charge >= 0.3 is 0 Å². The SMILES string of the molecule is CCCCCCCCCCCCCCCCC(c1ccccc1)C(N)(CC)CC.O. The zero-order valence-electron chi connectivity index (χ0n) is 20.6. The Morgan fingerprint density at radius 3 is 1.43 bits per heavy atom. The van der Waals surface area contributed by atoms with Crippen molar-refractivity contribution in [1.29, 1.82) is 0 Å². The summed E-state index contributed by atoms with van der Waals surface area (Å²) in [4.78, 5) is 0. The third kappa shape index (κ3) is 12.1. The first-order valence-electron chi connectivity index (χ1n) is 13.0. The quantitative estimate of drug-likeness (QED) is 0.225. The highest BCUT2D eigenvalue weighted by Gasteiger charge is 2.32. The fraction of sp³-hybridized carbons (Fsp3) is 0.786. The molecular weight excluding hydrogens is 366 g/mol. The molecule has 0 saturated carbocycles. The van der Waals surface area contributed by atoms with Crippen molar-refractivity contribution in [2.75, 3.05) is 0 Å². The zero-order chi connectivity index (χ0) is 21.2. The molecular formula is C28H53NO. The lowest BCUT2D eigenvalue weighted by Gasteiger charge is -2.37. The molecule has 2 nitrogen and oxygen atoms in total. The summed E-state index contributed by atoms with van der Waals surface area (Å²) in [5, 5.41) is 0. The van der Waals surface area contributed by atoms with E-state index in [0.29, 0.717) is 5.92 Å². The molecule has 0 fully saturated rings. The van der Waals surface area contributed by atoms with Crippen molar-refractivity contribution in [1.82, 2.24) is 0 Å². The number of unbranched alkanes of at least 4 members (excludes halogenated alkanes) is 13. The molecule has 0 aliphatic rings. The third-order valence-electron chi connectivity index (χ3n) is 7.06. The van der Waals surface area contributed by atoms with Gasteiger partial charge in [0, 0.05) is 11.5 Å². The number of nitrogens with two attached hydrogens (primary N) is 1. The van der Waals surface area contributed by atoms with Crippen molar-refractivity contribution in [2.45, 2.75) is 141 Å². The van der Waals surface area contributed by atoms with Crippen LogP contribution in [0.1, 0.15) is 141 Å². The van der Waals surface area contributed by atoms with E-state index in [1.807, 2.05) is 0 Å². The summed E-state index contributed by atoms with van der Waals surface area (Å²) >= 11 is 0. The van der Waals surface area contributed by atoms with Gasteiger partial charge in [0.15, 0.2) is 0 Å². The highest BCUT2D eigenvalue weighted by atomic mass is 16.0. The summed E-state index contributed by atoms with van der Waals surface area (Å²) in [6.07, 6.45) is 23.2. The van der Waals surface area contributed by atoms with Gasteiger partial charge in [-0.25, -0.2) is 0 Å². The first-order chi connectivity index (χ1) is 14.2. The van der Waals surface area contributed by atoms with Gasteiger partial charge in [-0.05, 0) is 24.8 Å². The van der Waals surface area contributed by atoms with E-state index in [4.69, 9.17) is 5.73 Å². The summed E-state index contributed by atoms with van der Waals surface area (Å²) in [5.74, 6) is 0.496. The molecule has 1 unspecified atom stereocenters. The monoisotopic (exact) mass is 419 g/mol. The molecule has 2 heteroatoms. The molecule has 1 aromatic carbocycles. The molecule has 1 atom stereocenters. The highest BCUT2D eigenvalue weighted by Crippen LogP contribution is 2.36. The minimum atomic E-state index is -0.0576. The van der Waals surface area contributed by atoms with Gasteiger partial charge in [-0.3, -0.25) is 0 Å². The summed E-state index contributed by atoms with van der Waals surface area (Å²) < 4.78 is 0. The molecule has 4 N–H and O–H groups in total. The molecule has 0 saturated heterocycles. The minimum absolute atomic E-state index is 0. The maximum Gasteiger partial charge on any atom is 0.0218 e. The molecule has 0 heterocycles.